The lowest BCUT2D eigenvalue weighted by molar-refractivity contribution is 0.283. The molecule has 6 heteroatoms. The lowest BCUT2D eigenvalue weighted by Crippen LogP contribution is -2.15. The molecule has 0 spiro atoms. The molecule has 0 amide bonds. The smallest absolute Gasteiger partial charge is 0.203 e. The van der Waals surface area contributed by atoms with Gasteiger partial charge < -0.3 is 15.4 Å². The summed E-state index contributed by atoms with van der Waals surface area (Å²) in [7, 11) is 0. The van der Waals surface area contributed by atoms with Crippen molar-refractivity contribution in [3.8, 4) is 17.1 Å². The molecule has 3 aromatic heterocycles. The van der Waals surface area contributed by atoms with Crippen LogP contribution in [-0.4, -0.2) is 19.6 Å². The number of rotatable bonds is 2. The summed E-state index contributed by atoms with van der Waals surface area (Å²) >= 11 is 0. The van der Waals surface area contributed by atoms with E-state index in [0.717, 1.165) is 19.3 Å². The van der Waals surface area contributed by atoms with Crippen LogP contribution in [0.4, 0.5) is 10.1 Å². The second-order valence-corrected chi connectivity index (χ2v) is 6.77. The Balaban J connectivity index is 1.84. The van der Waals surface area contributed by atoms with Crippen molar-refractivity contribution in [2.24, 2.45) is 0 Å². The summed E-state index contributed by atoms with van der Waals surface area (Å²) in [6.45, 7) is 0. The molecule has 0 atom stereocenters. The number of nitrogen functional groups attached to an aromatic ring is 1. The summed E-state index contributed by atoms with van der Waals surface area (Å²) < 4.78 is 16.1. The van der Waals surface area contributed by atoms with E-state index >= 15 is 0 Å². The first-order valence-electron chi connectivity index (χ1n) is 8.67. The highest BCUT2D eigenvalue weighted by molar-refractivity contribution is 6.12. The number of anilines is 1. The van der Waals surface area contributed by atoms with Gasteiger partial charge in [0.2, 0.25) is 5.88 Å². The Morgan fingerprint density at radius 3 is 2.77 bits per heavy atom. The molecule has 3 N–H and O–H groups in total. The van der Waals surface area contributed by atoms with Crippen LogP contribution in [0.3, 0.4) is 0 Å². The molecule has 130 valence electrons. The summed E-state index contributed by atoms with van der Waals surface area (Å²) in [4.78, 5) is 8.88. The van der Waals surface area contributed by atoms with E-state index in [1.54, 1.807) is 24.4 Å². The number of pyridine rings is 2. The van der Waals surface area contributed by atoms with E-state index in [1.165, 1.54) is 6.07 Å². The van der Waals surface area contributed by atoms with Crippen molar-refractivity contribution in [2.75, 3.05) is 5.73 Å². The van der Waals surface area contributed by atoms with Crippen LogP contribution in [0, 0.1) is 5.82 Å². The van der Waals surface area contributed by atoms with Gasteiger partial charge in [0.1, 0.15) is 11.5 Å². The number of aromatic hydroxyl groups is 1. The van der Waals surface area contributed by atoms with Gasteiger partial charge in [-0.3, -0.25) is 4.98 Å². The van der Waals surface area contributed by atoms with Crippen LogP contribution in [-0.2, 0) is 0 Å². The highest BCUT2D eigenvalue weighted by Gasteiger charge is 2.25. The SMILES string of the molecule is Nc1c2cccc(-c3ncccc3F)c2nc2cn(C3CCC3)c(O)c12. The van der Waals surface area contributed by atoms with E-state index in [0.29, 0.717) is 39.1 Å². The van der Waals surface area contributed by atoms with Crippen LogP contribution in [0.1, 0.15) is 25.3 Å². The van der Waals surface area contributed by atoms with E-state index < -0.39 is 5.82 Å². The lowest BCUT2D eigenvalue weighted by Gasteiger charge is -2.27. The van der Waals surface area contributed by atoms with Crippen LogP contribution in [0.25, 0.3) is 33.1 Å². The number of para-hydroxylation sites is 1. The molecule has 0 aliphatic heterocycles. The van der Waals surface area contributed by atoms with Gasteiger partial charge in [-0.1, -0.05) is 18.2 Å². The maximum absolute atomic E-state index is 14.3. The number of fused-ring (bicyclic) bond motifs is 2. The number of aromatic nitrogens is 3. The third-order valence-corrected chi connectivity index (χ3v) is 5.30. The Bertz CT molecular complexity index is 1160. The molecule has 1 fully saturated rings. The summed E-state index contributed by atoms with van der Waals surface area (Å²) in [5.74, 6) is -0.249. The molecule has 1 saturated carbocycles. The van der Waals surface area contributed by atoms with Gasteiger partial charge in [0.25, 0.3) is 0 Å². The largest absolute Gasteiger partial charge is 0.494 e. The number of hydrogen-bond donors (Lipinski definition) is 2. The average molecular weight is 348 g/mol. The second-order valence-electron chi connectivity index (χ2n) is 6.77. The van der Waals surface area contributed by atoms with E-state index in [9.17, 15) is 9.50 Å². The molecule has 1 aromatic carbocycles. The number of halogens is 1. The maximum atomic E-state index is 14.3. The fraction of sp³-hybridized carbons (Fsp3) is 0.200. The summed E-state index contributed by atoms with van der Waals surface area (Å²) in [6, 6.07) is 8.65. The highest BCUT2D eigenvalue weighted by atomic mass is 19.1. The number of nitrogens with two attached hydrogens (primary N) is 1. The Labute approximate surface area is 148 Å². The Hall–Kier alpha value is -3.15. The normalized spacial score (nSPS) is 14.8. The van der Waals surface area contributed by atoms with Crippen molar-refractivity contribution in [1.82, 2.24) is 14.5 Å². The third kappa shape index (κ3) is 2.02. The van der Waals surface area contributed by atoms with Crippen LogP contribution in [0.5, 0.6) is 5.88 Å². The van der Waals surface area contributed by atoms with Gasteiger partial charge in [0, 0.05) is 29.4 Å². The first kappa shape index (κ1) is 15.1. The fourth-order valence-corrected chi connectivity index (χ4v) is 3.70. The van der Waals surface area contributed by atoms with Gasteiger partial charge in [-0.25, -0.2) is 9.37 Å². The van der Waals surface area contributed by atoms with E-state index in [4.69, 9.17) is 10.7 Å². The quantitative estimate of drug-likeness (QED) is 0.563. The van der Waals surface area contributed by atoms with E-state index in [1.807, 2.05) is 16.8 Å². The Morgan fingerprint density at radius 2 is 2.04 bits per heavy atom. The standard InChI is InChI=1S/C20H17FN4O/c21-14-8-3-9-23-19(14)13-7-2-6-12-17(22)16-15(24-18(12)13)10-25(20(16)26)11-4-1-5-11/h2-3,6-11,26H,1,4-5,22H2. The summed E-state index contributed by atoms with van der Waals surface area (Å²) in [5, 5.41) is 11.9. The Morgan fingerprint density at radius 1 is 1.19 bits per heavy atom. The molecule has 0 radical (unpaired) electrons. The average Bonchev–Trinajstić information content (AvgIpc) is 2.91. The predicted octanol–water partition coefficient (Wildman–Crippen LogP) is 4.40. The second kappa shape index (κ2) is 5.42. The summed E-state index contributed by atoms with van der Waals surface area (Å²) in [6.07, 6.45) is 6.64. The molecule has 0 unspecified atom stereocenters. The third-order valence-electron chi connectivity index (χ3n) is 5.30. The van der Waals surface area contributed by atoms with Crippen molar-refractivity contribution in [1.29, 1.82) is 0 Å². The van der Waals surface area contributed by atoms with Crippen LogP contribution in [0.2, 0.25) is 0 Å². The van der Waals surface area contributed by atoms with Gasteiger partial charge in [-0.2, -0.15) is 0 Å². The van der Waals surface area contributed by atoms with Gasteiger partial charge in [-0.15, -0.1) is 0 Å². The van der Waals surface area contributed by atoms with Crippen LogP contribution in [0.15, 0.2) is 42.7 Å². The monoisotopic (exact) mass is 348 g/mol. The maximum Gasteiger partial charge on any atom is 0.203 e. The van der Waals surface area contributed by atoms with Crippen molar-refractivity contribution in [2.45, 2.75) is 25.3 Å². The van der Waals surface area contributed by atoms with Crippen molar-refractivity contribution < 1.29 is 9.50 Å². The van der Waals surface area contributed by atoms with E-state index in [-0.39, 0.29) is 11.6 Å². The first-order valence-corrected chi connectivity index (χ1v) is 8.67. The number of nitrogens with zero attached hydrogens (tertiary/aromatic N) is 3. The van der Waals surface area contributed by atoms with E-state index in [2.05, 4.69) is 4.98 Å². The molecule has 3 heterocycles. The van der Waals surface area contributed by atoms with Gasteiger partial charge in [-0.05, 0) is 31.4 Å². The molecular formula is C20H17FN4O. The number of benzene rings is 1. The predicted molar refractivity (Wildman–Crippen MR) is 99.4 cm³/mol. The number of hydrogen-bond acceptors (Lipinski definition) is 4. The molecule has 0 saturated heterocycles. The summed E-state index contributed by atoms with van der Waals surface area (Å²) in [5.41, 5.74) is 8.87. The topological polar surface area (TPSA) is 77.0 Å². The Kier molecular flexibility index (Phi) is 3.16. The molecule has 26 heavy (non-hydrogen) atoms. The zero-order valence-electron chi connectivity index (χ0n) is 14.0. The van der Waals surface area contributed by atoms with Crippen molar-refractivity contribution in [3.63, 3.8) is 0 Å². The molecule has 1 aliphatic rings. The minimum Gasteiger partial charge on any atom is -0.494 e. The fourth-order valence-electron chi connectivity index (χ4n) is 3.70. The molecule has 5 nitrogen and oxygen atoms in total. The zero-order chi connectivity index (χ0) is 17.8. The molecule has 1 aliphatic carbocycles. The highest BCUT2D eigenvalue weighted by Crippen LogP contribution is 2.43. The van der Waals surface area contributed by atoms with Gasteiger partial charge >= 0.3 is 0 Å². The first-order chi connectivity index (χ1) is 12.6. The van der Waals surface area contributed by atoms with Gasteiger partial charge in [0.05, 0.1) is 22.1 Å². The molecular weight excluding hydrogens is 331 g/mol. The van der Waals surface area contributed by atoms with Crippen LogP contribution >= 0.6 is 0 Å². The molecule has 0 bridgehead atoms. The lowest BCUT2D eigenvalue weighted by atomic mass is 9.93. The molecule has 4 aromatic rings. The molecule has 5 rings (SSSR count). The minimum absolute atomic E-state index is 0.158. The van der Waals surface area contributed by atoms with Gasteiger partial charge in [0.15, 0.2) is 0 Å². The van der Waals surface area contributed by atoms with Crippen molar-refractivity contribution >= 4 is 27.5 Å². The van der Waals surface area contributed by atoms with Crippen molar-refractivity contribution in [3.05, 3.63) is 48.5 Å². The minimum atomic E-state index is -0.407. The van der Waals surface area contributed by atoms with Crippen LogP contribution < -0.4 is 5.73 Å². The zero-order valence-corrected chi connectivity index (χ0v) is 14.0.